The standard InChI is InChI=1S/C14H23N5O2/c15-16-14(20)13-8-12(21-17-13)10-18-7-4-11(9-18)19-5-2-1-3-6-19/h8,11H,1-7,9-10,15H2,(H,16,20). The molecule has 3 rings (SSSR count). The van der Waals surface area contributed by atoms with E-state index in [0.29, 0.717) is 18.3 Å². The molecule has 3 N–H and O–H groups in total. The van der Waals surface area contributed by atoms with Crippen LogP contribution in [0.25, 0.3) is 0 Å². The maximum atomic E-state index is 11.3. The largest absolute Gasteiger partial charge is 0.359 e. The Hall–Kier alpha value is -1.44. The van der Waals surface area contributed by atoms with Crippen LogP contribution in [0, 0.1) is 0 Å². The van der Waals surface area contributed by atoms with Crippen molar-refractivity contribution in [1.29, 1.82) is 0 Å². The summed E-state index contributed by atoms with van der Waals surface area (Å²) in [5.74, 6) is 5.38. The third-order valence-corrected chi connectivity index (χ3v) is 4.46. The highest BCUT2D eigenvalue weighted by molar-refractivity contribution is 5.91. The van der Waals surface area contributed by atoms with E-state index in [0.717, 1.165) is 13.1 Å². The number of nitrogens with one attached hydrogen (secondary N) is 1. The van der Waals surface area contributed by atoms with Crippen LogP contribution in [0.1, 0.15) is 41.9 Å². The molecule has 2 aliphatic heterocycles. The highest BCUT2D eigenvalue weighted by atomic mass is 16.5. The van der Waals surface area contributed by atoms with E-state index in [4.69, 9.17) is 10.4 Å². The molecule has 1 aromatic rings. The van der Waals surface area contributed by atoms with Crippen molar-refractivity contribution < 1.29 is 9.32 Å². The van der Waals surface area contributed by atoms with Crippen molar-refractivity contribution >= 4 is 5.91 Å². The lowest BCUT2D eigenvalue weighted by atomic mass is 10.1. The van der Waals surface area contributed by atoms with Crippen LogP contribution in [-0.4, -0.2) is 53.1 Å². The third-order valence-electron chi connectivity index (χ3n) is 4.46. The highest BCUT2D eigenvalue weighted by Crippen LogP contribution is 2.21. The molecule has 2 aliphatic rings. The van der Waals surface area contributed by atoms with Crippen LogP contribution in [0.4, 0.5) is 0 Å². The first-order valence-corrected chi connectivity index (χ1v) is 7.69. The number of carbonyl (C=O) groups excluding carboxylic acids is 1. The number of nitrogens with two attached hydrogens (primary N) is 1. The second-order valence-corrected chi connectivity index (χ2v) is 5.93. The van der Waals surface area contributed by atoms with Gasteiger partial charge in [0.25, 0.3) is 5.91 Å². The zero-order valence-corrected chi connectivity index (χ0v) is 12.3. The van der Waals surface area contributed by atoms with Gasteiger partial charge in [-0.25, -0.2) is 5.84 Å². The summed E-state index contributed by atoms with van der Waals surface area (Å²) >= 11 is 0. The summed E-state index contributed by atoms with van der Waals surface area (Å²) < 4.78 is 5.21. The molecule has 0 saturated carbocycles. The Morgan fingerprint density at radius 3 is 2.95 bits per heavy atom. The fraction of sp³-hybridized carbons (Fsp3) is 0.714. The molecule has 2 saturated heterocycles. The normalized spacial score (nSPS) is 24.3. The molecule has 1 amide bonds. The van der Waals surface area contributed by atoms with Crippen LogP contribution in [0.3, 0.4) is 0 Å². The average Bonchev–Trinajstić information content (AvgIpc) is 3.17. The van der Waals surface area contributed by atoms with E-state index in [1.807, 2.05) is 0 Å². The second-order valence-electron chi connectivity index (χ2n) is 5.93. The molecule has 0 radical (unpaired) electrons. The van der Waals surface area contributed by atoms with Gasteiger partial charge in [0.15, 0.2) is 11.5 Å². The number of nitrogens with zero attached hydrogens (tertiary/aromatic N) is 3. The van der Waals surface area contributed by atoms with Gasteiger partial charge in [-0.15, -0.1) is 0 Å². The number of likely N-dealkylation sites (tertiary alicyclic amines) is 2. The van der Waals surface area contributed by atoms with Gasteiger partial charge < -0.3 is 4.52 Å². The van der Waals surface area contributed by atoms with Crippen molar-refractivity contribution in [2.24, 2.45) is 5.84 Å². The molecular formula is C14H23N5O2. The Balaban J connectivity index is 1.52. The zero-order valence-electron chi connectivity index (χ0n) is 12.3. The molecule has 2 fully saturated rings. The van der Waals surface area contributed by atoms with Crippen LogP contribution >= 0.6 is 0 Å². The first kappa shape index (κ1) is 14.5. The molecule has 0 spiro atoms. The van der Waals surface area contributed by atoms with Crippen molar-refractivity contribution in [3.63, 3.8) is 0 Å². The van der Waals surface area contributed by atoms with Gasteiger partial charge in [0.1, 0.15) is 0 Å². The predicted octanol–water partition coefficient (Wildman–Crippen LogP) is 0.338. The van der Waals surface area contributed by atoms with Gasteiger partial charge in [-0.3, -0.25) is 20.0 Å². The lowest BCUT2D eigenvalue weighted by molar-refractivity contribution is 0.0944. The molecule has 7 heteroatoms. The first-order valence-electron chi connectivity index (χ1n) is 7.69. The predicted molar refractivity (Wildman–Crippen MR) is 77.3 cm³/mol. The molecule has 0 bridgehead atoms. The molecule has 0 aliphatic carbocycles. The van der Waals surface area contributed by atoms with Gasteiger partial charge in [0.05, 0.1) is 6.54 Å². The van der Waals surface area contributed by atoms with Gasteiger partial charge in [-0.05, 0) is 32.4 Å². The van der Waals surface area contributed by atoms with Crippen LogP contribution in [-0.2, 0) is 6.54 Å². The SMILES string of the molecule is NNC(=O)c1cc(CN2CCC(N3CCCCC3)C2)on1. The number of rotatable bonds is 4. The summed E-state index contributed by atoms with van der Waals surface area (Å²) in [6, 6.07) is 2.33. The average molecular weight is 293 g/mol. The molecule has 116 valence electrons. The van der Waals surface area contributed by atoms with Crippen LogP contribution < -0.4 is 11.3 Å². The summed E-state index contributed by atoms with van der Waals surface area (Å²) in [5.41, 5.74) is 2.29. The minimum atomic E-state index is -0.419. The number of piperidine rings is 1. The lowest BCUT2D eigenvalue weighted by Crippen LogP contribution is -2.40. The minimum Gasteiger partial charge on any atom is -0.359 e. The Labute approximate surface area is 124 Å². The zero-order chi connectivity index (χ0) is 14.7. The number of carbonyl (C=O) groups is 1. The number of hydrazine groups is 1. The Morgan fingerprint density at radius 1 is 1.38 bits per heavy atom. The quantitative estimate of drug-likeness (QED) is 0.473. The molecular weight excluding hydrogens is 270 g/mol. The highest BCUT2D eigenvalue weighted by Gasteiger charge is 2.29. The molecule has 1 atom stereocenters. The van der Waals surface area contributed by atoms with Gasteiger partial charge >= 0.3 is 0 Å². The van der Waals surface area contributed by atoms with E-state index in [1.54, 1.807) is 6.07 Å². The maximum Gasteiger partial charge on any atom is 0.287 e. The van der Waals surface area contributed by atoms with Crippen LogP contribution in [0.5, 0.6) is 0 Å². The Kier molecular flexibility index (Phi) is 4.52. The van der Waals surface area contributed by atoms with Crippen molar-refractivity contribution in [2.45, 2.75) is 38.3 Å². The van der Waals surface area contributed by atoms with E-state index in [2.05, 4.69) is 20.4 Å². The van der Waals surface area contributed by atoms with E-state index in [9.17, 15) is 4.79 Å². The molecule has 7 nitrogen and oxygen atoms in total. The topological polar surface area (TPSA) is 87.6 Å². The summed E-state index contributed by atoms with van der Waals surface area (Å²) in [6.07, 6.45) is 5.24. The van der Waals surface area contributed by atoms with Gasteiger partial charge in [-0.2, -0.15) is 0 Å². The molecule has 21 heavy (non-hydrogen) atoms. The molecule has 0 aromatic carbocycles. The van der Waals surface area contributed by atoms with E-state index in [-0.39, 0.29) is 5.69 Å². The number of aromatic nitrogens is 1. The third kappa shape index (κ3) is 3.42. The summed E-state index contributed by atoms with van der Waals surface area (Å²) in [6.45, 7) is 5.32. The van der Waals surface area contributed by atoms with Gasteiger partial charge in [0.2, 0.25) is 0 Å². The number of hydrogen-bond acceptors (Lipinski definition) is 6. The molecule has 3 heterocycles. The maximum absolute atomic E-state index is 11.3. The van der Waals surface area contributed by atoms with Crippen molar-refractivity contribution in [3.05, 3.63) is 17.5 Å². The molecule has 1 unspecified atom stereocenters. The number of nitrogen functional groups attached to an aromatic ring is 1. The van der Waals surface area contributed by atoms with E-state index in [1.165, 1.54) is 38.8 Å². The van der Waals surface area contributed by atoms with Crippen LogP contribution in [0.15, 0.2) is 10.6 Å². The summed E-state index contributed by atoms with van der Waals surface area (Å²) in [5, 5.41) is 3.73. The van der Waals surface area contributed by atoms with Crippen molar-refractivity contribution in [3.8, 4) is 0 Å². The summed E-state index contributed by atoms with van der Waals surface area (Å²) in [7, 11) is 0. The Bertz CT molecular complexity index is 483. The molecule has 1 aromatic heterocycles. The Morgan fingerprint density at radius 2 is 2.19 bits per heavy atom. The smallest absolute Gasteiger partial charge is 0.287 e. The van der Waals surface area contributed by atoms with Crippen molar-refractivity contribution in [1.82, 2.24) is 20.4 Å². The minimum absolute atomic E-state index is 0.235. The fourth-order valence-electron chi connectivity index (χ4n) is 3.33. The van der Waals surface area contributed by atoms with Gasteiger partial charge in [0, 0.05) is 25.2 Å². The van der Waals surface area contributed by atoms with Crippen molar-refractivity contribution in [2.75, 3.05) is 26.2 Å². The lowest BCUT2D eigenvalue weighted by Gasteiger charge is -2.32. The van der Waals surface area contributed by atoms with E-state index < -0.39 is 5.91 Å². The summed E-state index contributed by atoms with van der Waals surface area (Å²) in [4.78, 5) is 16.3. The van der Waals surface area contributed by atoms with E-state index >= 15 is 0 Å². The second kappa shape index (κ2) is 6.55. The first-order chi connectivity index (χ1) is 10.3. The number of hydrogen-bond donors (Lipinski definition) is 2. The fourth-order valence-corrected chi connectivity index (χ4v) is 3.33. The number of amides is 1. The van der Waals surface area contributed by atoms with Crippen LogP contribution in [0.2, 0.25) is 0 Å². The van der Waals surface area contributed by atoms with Gasteiger partial charge in [-0.1, -0.05) is 11.6 Å². The monoisotopic (exact) mass is 293 g/mol.